The van der Waals surface area contributed by atoms with Crippen LogP contribution in [0.25, 0.3) is 11.1 Å². The van der Waals surface area contributed by atoms with Crippen molar-refractivity contribution in [3.8, 4) is 11.1 Å². The molecule has 196 valence electrons. The quantitative estimate of drug-likeness (QED) is 0.220. The lowest BCUT2D eigenvalue weighted by molar-refractivity contribution is -0.124. The number of rotatable bonds is 10. The topological polar surface area (TPSA) is 138 Å². The summed E-state index contributed by atoms with van der Waals surface area (Å²) in [6.07, 6.45) is 10.2. The van der Waals surface area contributed by atoms with Gasteiger partial charge in [-0.2, -0.15) is 9.49 Å². The molecule has 10 heteroatoms. The Kier molecular flexibility index (Phi) is 9.48. The Morgan fingerprint density at radius 3 is 2.49 bits per heavy atom. The fraction of sp³-hybridized carbons (Fsp3) is 0.370. The predicted molar refractivity (Wildman–Crippen MR) is 143 cm³/mol. The van der Waals surface area contributed by atoms with E-state index in [4.69, 9.17) is 5.73 Å². The van der Waals surface area contributed by atoms with Crippen LogP contribution >= 0.6 is 0 Å². The predicted octanol–water partition coefficient (Wildman–Crippen LogP) is 3.89. The molecule has 1 fully saturated rings. The molecular formula is C27H34FN7O2. The molecule has 37 heavy (non-hydrogen) atoms. The highest BCUT2D eigenvalue weighted by molar-refractivity contribution is 6.43. The van der Waals surface area contributed by atoms with Crippen molar-refractivity contribution in [3.63, 3.8) is 0 Å². The van der Waals surface area contributed by atoms with Gasteiger partial charge in [0.25, 0.3) is 5.91 Å². The van der Waals surface area contributed by atoms with Gasteiger partial charge in [-0.1, -0.05) is 31.4 Å². The summed E-state index contributed by atoms with van der Waals surface area (Å²) in [6, 6.07) is 1.73. The van der Waals surface area contributed by atoms with Crippen LogP contribution in [0.2, 0.25) is 0 Å². The van der Waals surface area contributed by atoms with Crippen molar-refractivity contribution in [3.05, 3.63) is 67.1 Å². The van der Waals surface area contributed by atoms with E-state index in [0.29, 0.717) is 17.0 Å². The Hall–Kier alpha value is -4.08. The number of aromatic amines is 1. The van der Waals surface area contributed by atoms with Crippen LogP contribution in [0.3, 0.4) is 0 Å². The minimum Gasteiger partial charge on any atom is -0.405 e. The number of halogens is 1. The number of aryl methyl sites for hydroxylation is 2. The maximum atomic E-state index is 14.9. The first-order valence-corrected chi connectivity index (χ1v) is 12.3. The van der Waals surface area contributed by atoms with Gasteiger partial charge in [-0.25, -0.2) is 4.98 Å². The monoisotopic (exact) mass is 507 g/mol. The molecule has 0 saturated heterocycles. The zero-order chi connectivity index (χ0) is 26.9. The lowest BCUT2D eigenvalue weighted by Crippen LogP contribution is -2.51. The molecular weight excluding hydrogens is 473 g/mol. The first-order chi connectivity index (χ1) is 17.8. The summed E-state index contributed by atoms with van der Waals surface area (Å²) >= 11 is 0. The number of nitrogens with zero attached hydrogens (tertiary/aromatic N) is 3. The number of hydrogen-bond acceptors (Lipinski definition) is 6. The highest BCUT2D eigenvalue weighted by Gasteiger charge is 2.32. The molecule has 3 rings (SSSR count). The van der Waals surface area contributed by atoms with Crippen LogP contribution in [0, 0.1) is 25.7 Å². The van der Waals surface area contributed by atoms with E-state index in [-0.39, 0.29) is 23.0 Å². The number of carbonyl (C=O) groups excluding carboxylic acids is 2. The molecule has 2 aromatic rings. The number of hydrogen-bond donors (Lipinski definition) is 4. The molecule has 1 saturated carbocycles. The largest absolute Gasteiger partial charge is 0.405 e. The normalized spacial score (nSPS) is 15.5. The van der Waals surface area contributed by atoms with Crippen molar-refractivity contribution in [1.82, 2.24) is 20.5 Å². The van der Waals surface area contributed by atoms with Crippen LogP contribution in [0.4, 0.5) is 10.2 Å². The van der Waals surface area contributed by atoms with E-state index >= 15 is 0 Å². The molecule has 0 unspecified atom stereocenters. The van der Waals surface area contributed by atoms with Gasteiger partial charge in [0.05, 0.1) is 11.7 Å². The number of anilines is 1. The number of pyridine rings is 1. The average molecular weight is 508 g/mol. The Morgan fingerprint density at radius 1 is 1.22 bits per heavy atom. The standard InChI is InChI=1S/C27H34FN7O2/c1-5-19(6-2)30-21(14-15-29)26(36)33-24(18-10-8-7-9-11-18)27(37)32-22-13-12-20(25(28)31-22)23-16(3)34-35-17(23)4/h5-6,12-15,18-19,24H,1-2,7-11,29H2,3-4H3,(H,33,36)(H,34,35)(H,31,32,37)/b15-14-,30-21?/t24-/m0/s1. The second-order valence-corrected chi connectivity index (χ2v) is 9.02. The van der Waals surface area contributed by atoms with Crippen molar-refractivity contribution in [2.75, 3.05) is 5.32 Å². The summed E-state index contributed by atoms with van der Waals surface area (Å²) in [5.41, 5.74) is 7.84. The SMILES string of the molecule is C=CC(C=C)N=C(/C=C\N)C(=O)N[C@H](C(=O)Nc1ccc(-c2c(C)n[nH]c2C)c(F)n1)C1CCCCC1. The number of nitrogens with two attached hydrogens (primary N) is 1. The van der Waals surface area contributed by atoms with Crippen molar-refractivity contribution in [2.24, 2.45) is 16.6 Å². The minimum absolute atomic E-state index is 0.0419. The molecule has 0 radical (unpaired) electrons. The third-order valence-electron chi connectivity index (χ3n) is 6.45. The molecule has 1 atom stereocenters. The van der Waals surface area contributed by atoms with Gasteiger partial charge in [-0.15, -0.1) is 13.2 Å². The molecule has 1 aliphatic rings. The Balaban J connectivity index is 1.84. The minimum atomic E-state index is -0.863. The van der Waals surface area contributed by atoms with Crippen LogP contribution < -0.4 is 16.4 Å². The molecule has 2 aromatic heterocycles. The third kappa shape index (κ3) is 6.78. The first-order valence-electron chi connectivity index (χ1n) is 12.3. The second-order valence-electron chi connectivity index (χ2n) is 9.02. The summed E-state index contributed by atoms with van der Waals surface area (Å²) in [6.45, 7) is 10.9. The van der Waals surface area contributed by atoms with Crippen LogP contribution in [0.15, 0.2) is 54.7 Å². The molecule has 2 heterocycles. The highest BCUT2D eigenvalue weighted by atomic mass is 19.1. The lowest BCUT2D eigenvalue weighted by atomic mass is 9.83. The van der Waals surface area contributed by atoms with E-state index in [0.717, 1.165) is 32.1 Å². The molecule has 0 aliphatic heterocycles. The second kappa shape index (κ2) is 12.8. The molecule has 0 spiro atoms. The van der Waals surface area contributed by atoms with Crippen molar-refractivity contribution < 1.29 is 14.0 Å². The zero-order valence-electron chi connectivity index (χ0n) is 21.3. The van der Waals surface area contributed by atoms with Gasteiger partial charge in [0.15, 0.2) is 0 Å². The Bertz CT molecular complexity index is 1180. The summed E-state index contributed by atoms with van der Waals surface area (Å²) in [5.74, 6) is -1.80. The fourth-order valence-electron chi connectivity index (χ4n) is 4.55. The number of aromatic nitrogens is 3. The van der Waals surface area contributed by atoms with Crippen molar-refractivity contribution >= 4 is 23.3 Å². The molecule has 0 bridgehead atoms. The van der Waals surface area contributed by atoms with Gasteiger partial charge in [0.1, 0.15) is 17.6 Å². The van der Waals surface area contributed by atoms with Gasteiger partial charge in [-0.05, 0) is 57.0 Å². The summed E-state index contributed by atoms with van der Waals surface area (Å²) in [5, 5.41) is 12.4. The van der Waals surface area contributed by atoms with Crippen LogP contribution in [-0.4, -0.2) is 44.8 Å². The maximum Gasteiger partial charge on any atom is 0.270 e. The van der Waals surface area contributed by atoms with Crippen LogP contribution in [0.5, 0.6) is 0 Å². The number of amides is 2. The smallest absolute Gasteiger partial charge is 0.270 e. The Morgan fingerprint density at radius 2 is 1.92 bits per heavy atom. The molecule has 0 aromatic carbocycles. The molecule has 5 N–H and O–H groups in total. The number of carbonyl (C=O) groups is 2. The van der Waals surface area contributed by atoms with Crippen LogP contribution in [-0.2, 0) is 9.59 Å². The fourth-order valence-corrected chi connectivity index (χ4v) is 4.55. The third-order valence-corrected chi connectivity index (χ3v) is 6.45. The van der Waals surface area contributed by atoms with Gasteiger partial charge in [0, 0.05) is 16.8 Å². The van der Waals surface area contributed by atoms with Gasteiger partial charge in [-0.3, -0.25) is 19.7 Å². The maximum absolute atomic E-state index is 14.9. The average Bonchev–Trinajstić information content (AvgIpc) is 3.23. The summed E-state index contributed by atoms with van der Waals surface area (Å²) < 4.78 is 14.9. The number of nitrogens with one attached hydrogen (secondary N) is 3. The van der Waals surface area contributed by atoms with Crippen molar-refractivity contribution in [1.29, 1.82) is 0 Å². The number of H-pyrrole nitrogens is 1. The van der Waals surface area contributed by atoms with E-state index < -0.39 is 29.8 Å². The highest BCUT2D eigenvalue weighted by Crippen LogP contribution is 2.29. The molecule has 1 aliphatic carbocycles. The lowest BCUT2D eigenvalue weighted by Gasteiger charge is -2.30. The number of aliphatic imine (C=N–C) groups is 1. The first kappa shape index (κ1) is 27.5. The van der Waals surface area contributed by atoms with E-state index in [1.165, 1.54) is 30.5 Å². The van der Waals surface area contributed by atoms with Gasteiger partial charge in [0.2, 0.25) is 11.9 Å². The van der Waals surface area contributed by atoms with E-state index in [1.54, 1.807) is 19.9 Å². The van der Waals surface area contributed by atoms with Gasteiger partial charge >= 0.3 is 0 Å². The van der Waals surface area contributed by atoms with E-state index in [9.17, 15) is 14.0 Å². The Labute approximate surface area is 216 Å². The zero-order valence-corrected chi connectivity index (χ0v) is 21.3. The summed E-state index contributed by atoms with van der Waals surface area (Å²) in [7, 11) is 0. The van der Waals surface area contributed by atoms with E-state index in [1.807, 2.05) is 0 Å². The van der Waals surface area contributed by atoms with Crippen LogP contribution in [0.1, 0.15) is 43.5 Å². The molecule has 9 nitrogen and oxygen atoms in total. The molecule has 2 amide bonds. The van der Waals surface area contributed by atoms with E-state index in [2.05, 4.69) is 44.0 Å². The van der Waals surface area contributed by atoms with Crippen molar-refractivity contribution in [2.45, 2.75) is 58.0 Å². The van der Waals surface area contributed by atoms with Gasteiger partial charge < -0.3 is 16.4 Å². The summed E-state index contributed by atoms with van der Waals surface area (Å²) in [4.78, 5) is 34.8.